The Balaban J connectivity index is 2.49. The van der Waals surface area contributed by atoms with Crippen LogP contribution in [0, 0.1) is 0 Å². The third-order valence-electron chi connectivity index (χ3n) is 1.90. The molecule has 0 amide bonds. The smallest absolute Gasteiger partial charge is 0.319 e. The Bertz CT molecular complexity index is 312. The Kier molecular flexibility index (Phi) is 4.37. The second-order valence-electron chi connectivity index (χ2n) is 3.20. The molecule has 0 heterocycles. The topological polar surface area (TPSA) is 26.3 Å². The summed E-state index contributed by atoms with van der Waals surface area (Å²) in [6, 6.07) is 8.54. The predicted molar refractivity (Wildman–Crippen MR) is 51.9 cm³/mol. The molecule has 82 valence electrons. The minimum absolute atomic E-state index is 0.0334. The van der Waals surface area contributed by atoms with Crippen molar-refractivity contribution in [2.24, 2.45) is 0 Å². The van der Waals surface area contributed by atoms with E-state index in [0.717, 1.165) is 0 Å². The first kappa shape index (κ1) is 11.8. The highest BCUT2D eigenvalue weighted by molar-refractivity contribution is 5.96. The molecular weight excluding hydrogens is 202 g/mol. The summed E-state index contributed by atoms with van der Waals surface area (Å²) in [6.07, 6.45) is -0.799. The summed E-state index contributed by atoms with van der Waals surface area (Å²) in [4.78, 5) is 11.5. The lowest BCUT2D eigenvalue weighted by atomic mass is 10.1. The van der Waals surface area contributed by atoms with Crippen LogP contribution in [0.2, 0.25) is 0 Å². The quantitative estimate of drug-likeness (QED) is 0.704. The maximum atomic E-state index is 11.8. The predicted octanol–water partition coefficient (Wildman–Crippen LogP) is 2.89. The molecule has 1 aromatic rings. The molecule has 1 rings (SSSR count). The first-order chi connectivity index (χ1) is 7.09. The van der Waals surface area contributed by atoms with Crippen LogP contribution in [0.1, 0.15) is 23.7 Å². The first-order valence-electron chi connectivity index (χ1n) is 4.61. The Morgan fingerprint density at radius 2 is 1.93 bits per heavy atom. The molecule has 0 aliphatic rings. The third kappa shape index (κ3) is 4.16. The van der Waals surface area contributed by atoms with Crippen molar-refractivity contribution in [1.29, 1.82) is 0 Å². The van der Waals surface area contributed by atoms with Crippen molar-refractivity contribution >= 4 is 5.78 Å². The fourth-order valence-electron chi connectivity index (χ4n) is 1.23. The van der Waals surface area contributed by atoms with Crippen molar-refractivity contribution in [3.63, 3.8) is 0 Å². The monoisotopic (exact) mass is 214 g/mol. The van der Waals surface area contributed by atoms with E-state index in [4.69, 9.17) is 0 Å². The summed E-state index contributed by atoms with van der Waals surface area (Å²) >= 11 is 0. The van der Waals surface area contributed by atoms with E-state index in [1.54, 1.807) is 30.3 Å². The van der Waals surface area contributed by atoms with Gasteiger partial charge >= 0.3 is 6.61 Å². The molecule has 0 bridgehead atoms. The van der Waals surface area contributed by atoms with E-state index >= 15 is 0 Å². The number of benzene rings is 1. The van der Waals surface area contributed by atoms with Gasteiger partial charge in [-0.25, -0.2) is 0 Å². The summed E-state index contributed by atoms with van der Waals surface area (Å²) < 4.78 is 27.8. The van der Waals surface area contributed by atoms with Crippen LogP contribution in [0.3, 0.4) is 0 Å². The lowest BCUT2D eigenvalue weighted by Crippen LogP contribution is -2.17. The van der Waals surface area contributed by atoms with E-state index in [1.807, 2.05) is 0 Å². The van der Waals surface area contributed by atoms with Gasteiger partial charge in [0.25, 0.3) is 0 Å². The van der Waals surface area contributed by atoms with Crippen LogP contribution in [-0.2, 0) is 4.74 Å². The molecule has 0 spiro atoms. The van der Waals surface area contributed by atoms with Crippen molar-refractivity contribution in [3.8, 4) is 0 Å². The SMILES string of the molecule is CC(CC(=O)c1ccccc1)OC(F)F. The third-order valence-corrected chi connectivity index (χ3v) is 1.90. The molecule has 0 saturated heterocycles. The highest BCUT2D eigenvalue weighted by Crippen LogP contribution is 2.10. The molecule has 1 unspecified atom stereocenters. The van der Waals surface area contributed by atoms with E-state index in [1.165, 1.54) is 6.92 Å². The average Bonchev–Trinajstić information content (AvgIpc) is 2.17. The zero-order chi connectivity index (χ0) is 11.3. The highest BCUT2D eigenvalue weighted by atomic mass is 19.3. The number of carbonyl (C=O) groups excluding carboxylic acids is 1. The minimum atomic E-state index is -2.83. The van der Waals surface area contributed by atoms with Gasteiger partial charge in [0.05, 0.1) is 6.10 Å². The van der Waals surface area contributed by atoms with Crippen molar-refractivity contribution < 1.29 is 18.3 Å². The van der Waals surface area contributed by atoms with Gasteiger partial charge in [-0.3, -0.25) is 4.79 Å². The molecule has 0 aliphatic heterocycles. The Hall–Kier alpha value is -1.29. The minimum Gasteiger partial charge on any atom is -0.319 e. The Morgan fingerprint density at radius 1 is 1.33 bits per heavy atom. The number of carbonyl (C=O) groups is 1. The lowest BCUT2D eigenvalue weighted by molar-refractivity contribution is -0.156. The summed E-state index contributed by atoms with van der Waals surface area (Å²) in [5, 5.41) is 0. The van der Waals surface area contributed by atoms with Crippen LogP contribution in [0.4, 0.5) is 8.78 Å². The number of rotatable bonds is 5. The normalized spacial score (nSPS) is 12.8. The number of hydrogen-bond donors (Lipinski definition) is 0. The second-order valence-corrected chi connectivity index (χ2v) is 3.20. The van der Waals surface area contributed by atoms with Crippen LogP contribution in [0.5, 0.6) is 0 Å². The molecule has 1 aromatic carbocycles. The summed E-state index contributed by atoms with van der Waals surface area (Å²) in [5.74, 6) is -0.191. The molecule has 2 nitrogen and oxygen atoms in total. The number of halogens is 2. The van der Waals surface area contributed by atoms with Gasteiger partial charge < -0.3 is 4.74 Å². The molecule has 0 N–H and O–H groups in total. The number of ether oxygens (including phenoxy) is 1. The maximum absolute atomic E-state index is 11.8. The van der Waals surface area contributed by atoms with Gasteiger partial charge in [-0.2, -0.15) is 8.78 Å². The van der Waals surface area contributed by atoms with Gasteiger partial charge in [-0.15, -0.1) is 0 Å². The lowest BCUT2D eigenvalue weighted by Gasteiger charge is -2.10. The van der Waals surface area contributed by atoms with E-state index in [-0.39, 0.29) is 12.2 Å². The highest BCUT2D eigenvalue weighted by Gasteiger charge is 2.14. The van der Waals surface area contributed by atoms with E-state index < -0.39 is 12.7 Å². The fraction of sp³-hybridized carbons (Fsp3) is 0.364. The zero-order valence-corrected chi connectivity index (χ0v) is 8.32. The van der Waals surface area contributed by atoms with Crippen LogP contribution in [0.15, 0.2) is 30.3 Å². The summed E-state index contributed by atoms with van der Waals surface area (Å²) in [6.45, 7) is -1.38. The summed E-state index contributed by atoms with van der Waals surface area (Å²) in [5.41, 5.74) is 0.516. The molecule has 4 heteroatoms. The number of hydrogen-bond acceptors (Lipinski definition) is 2. The van der Waals surface area contributed by atoms with Gasteiger partial charge in [0.2, 0.25) is 0 Å². The largest absolute Gasteiger partial charge is 0.345 e. The van der Waals surface area contributed by atoms with Gasteiger partial charge in [0, 0.05) is 12.0 Å². The molecule has 0 aromatic heterocycles. The van der Waals surface area contributed by atoms with Gasteiger partial charge in [-0.1, -0.05) is 30.3 Å². The number of ketones is 1. The Labute approximate surface area is 86.9 Å². The van der Waals surface area contributed by atoms with E-state index in [9.17, 15) is 13.6 Å². The van der Waals surface area contributed by atoms with Crippen LogP contribution >= 0.6 is 0 Å². The van der Waals surface area contributed by atoms with E-state index in [0.29, 0.717) is 5.56 Å². The summed E-state index contributed by atoms with van der Waals surface area (Å²) in [7, 11) is 0. The average molecular weight is 214 g/mol. The molecular formula is C11H12F2O2. The van der Waals surface area contributed by atoms with Crippen LogP contribution in [-0.4, -0.2) is 18.5 Å². The zero-order valence-electron chi connectivity index (χ0n) is 8.32. The van der Waals surface area contributed by atoms with Crippen molar-refractivity contribution in [2.45, 2.75) is 26.1 Å². The van der Waals surface area contributed by atoms with Crippen molar-refractivity contribution in [2.75, 3.05) is 0 Å². The van der Waals surface area contributed by atoms with Gasteiger partial charge in [0.1, 0.15) is 0 Å². The van der Waals surface area contributed by atoms with Crippen LogP contribution in [0.25, 0.3) is 0 Å². The van der Waals surface area contributed by atoms with Gasteiger partial charge in [-0.05, 0) is 6.92 Å². The number of alkyl halides is 2. The molecule has 0 saturated carbocycles. The van der Waals surface area contributed by atoms with E-state index in [2.05, 4.69) is 4.74 Å². The van der Waals surface area contributed by atoms with Crippen molar-refractivity contribution in [1.82, 2.24) is 0 Å². The Morgan fingerprint density at radius 3 is 2.47 bits per heavy atom. The fourth-order valence-corrected chi connectivity index (χ4v) is 1.23. The molecule has 0 aliphatic carbocycles. The van der Waals surface area contributed by atoms with Gasteiger partial charge in [0.15, 0.2) is 5.78 Å². The second kappa shape index (κ2) is 5.56. The molecule has 1 atom stereocenters. The first-order valence-corrected chi connectivity index (χ1v) is 4.61. The molecule has 0 fully saturated rings. The number of Topliss-reactive ketones (excluding diaryl/α,β-unsaturated/α-hetero) is 1. The van der Waals surface area contributed by atoms with Crippen LogP contribution < -0.4 is 0 Å². The van der Waals surface area contributed by atoms with Crippen molar-refractivity contribution in [3.05, 3.63) is 35.9 Å². The molecule has 15 heavy (non-hydrogen) atoms. The molecule has 0 radical (unpaired) electrons. The standard InChI is InChI=1S/C11H12F2O2/c1-8(15-11(12)13)7-10(14)9-5-3-2-4-6-9/h2-6,8,11H,7H2,1H3. The maximum Gasteiger partial charge on any atom is 0.345 e.